The molecule has 1 aliphatic carbocycles. The van der Waals surface area contributed by atoms with Gasteiger partial charge in [0.05, 0.1) is 6.61 Å². The molecule has 1 aromatic rings. The minimum atomic E-state index is 0.0713. The highest BCUT2D eigenvalue weighted by atomic mass is 16.3. The van der Waals surface area contributed by atoms with Crippen LogP contribution >= 0.6 is 0 Å². The Morgan fingerprint density at radius 2 is 2.22 bits per heavy atom. The number of aromatic nitrogens is 1. The smallest absolute Gasteiger partial charge is 0.129 e. The van der Waals surface area contributed by atoms with Crippen LogP contribution in [-0.2, 0) is 6.61 Å². The molecule has 1 fully saturated rings. The average molecular weight is 246 g/mol. The second-order valence-corrected chi connectivity index (χ2v) is 5.24. The van der Waals surface area contributed by atoms with E-state index >= 15 is 0 Å². The monoisotopic (exact) mass is 246 g/mol. The van der Waals surface area contributed by atoms with Crippen LogP contribution in [0, 0.1) is 0 Å². The number of hydrogen-bond acceptors (Lipinski definition) is 3. The molecule has 1 heterocycles. The van der Waals surface area contributed by atoms with Crippen LogP contribution in [-0.4, -0.2) is 22.7 Å². The van der Waals surface area contributed by atoms with Crippen LogP contribution in [0.15, 0.2) is 24.8 Å². The van der Waals surface area contributed by atoms with Gasteiger partial charge in [0, 0.05) is 18.3 Å². The van der Waals surface area contributed by atoms with Gasteiger partial charge in [-0.25, -0.2) is 4.98 Å². The highest BCUT2D eigenvalue weighted by Gasteiger charge is 2.29. The van der Waals surface area contributed by atoms with Crippen LogP contribution < -0.4 is 4.90 Å². The van der Waals surface area contributed by atoms with E-state index in [0.29, 0.717) is 12.0 Å². The van der Waals surface area contributed by atoms with E-state index in [2.05, 4.69) is 25.3 Å². The van der Waals surface area contributed by atoms with Gasteiger partial charge in [0.1, 0.15) is 5.82 Å². The van der Waals surface area contributed by atoms with Crippen molar-refractivity contribution in [2.45, 2.75) is 45.3 Å². The third kappa shape index (κ3) is 2.91. The molecule has 0 spiro atoms. The standard InChI is InChI=1S/C15H22N2O/c1-4-7-17(13-5-6-13)15-9-12(10-18)8-14(16-15)11(2)3/h4,8-9,11,13,18H,1,5-7,10H2,2-3H3. The molecule has 3 nitrogen and oxygen atoms in total. The average Bonchev–Trinajstić information content (AvgIpc) is 3.19. The maximum Gasteiger partial charge on any atom is 0.129 e. The Morgan fingerprint density at radius 3 is 2.72 bits per heavy atom. The summed E-state index contributed by atoms with van der Waals surface area (Å²) in [6, 6.07) is 4.59. The number of aliphatic hydroxyl groups is 1. The van der Waals surface area contributed by atoms with Crippen molar-refractivity contribution in [3.63, 3.8) is 0 Å². The molecule has 0 saturated heterocycles. The van der Waals surface area contributed by atoms with Crippen LogP contribution in [0.5, 0.6) is 0 Å². The predicted octanol–water partition coefficient (Wildman–Crippen LogP) is 2.85. The summed E-state index contributed by atoms with van der Waals surface area (Å²) < 4.78 is 0. The van der Waals surface area contributed by atoms with Gasteiger partial charge in [0.2, 0.25) is 0 Å². The Labute approximate surface area is 109 Å². The lowest BCUT2D eigenvalue weighted by atomic mass is 10.1. The highest BCUT2D eigenvalue weighted by Crippen LogP contribution is 2.31. The number of pyridine rings is 1. The fraction of sp³-hybridized carbons (Fsp3) is 0.533. The van der Waals surface area contributed by atoms with E-state index in [1.54, 1.807) is 0 Å². The largest absolute Gasteiger partial charge is 0.392 e. The zero-order valence-electron chi connectivity index (χ0n) is 11.3. The Balaban J connectivity index is 2.34. The van der Waals surface area contributed by atoms with Gasteiger partial charge in [-0.2, -0.15) is 0 Å². The van der Waals surface area contributed by atoms with Gasteiger partial charge >= 0.3 is 0 Å². The van der Waals surface area contributed by atoms with Gasteiger partial charge in [0.15, 0.2) is 0 Å². The SMILES string of the molecule is C=CCN(c1cc(CO)cc(C(C)C)n1)C1CC1. The molecular formula is C15H22N2O. The molecule has 0 radical (unpaired) electrons. The molecule has 3 heteroatoms. The van der Waals surface area contributed by atoms with Crippen molar-refractivity contribution in [3.8, 4) is 0 Å². The third-order valence-electron chi connectivity index (χ3n) is 3.27. The van der Waals surface area contributed by atoms with Gasteiger partial charge < -0.3 is 10.0 Å². The molecule has 1 aromatic heterocycles. The van der Waals surface area contributed by atoms with E-state index in [-0.39, 0.29) is 6.61 Å². The predicted molar refractivity (Wildman–Crippen MR) is 74.8 cm³/mol. The van der Waals surface area contributed by atoms with Gasteiger partial charge in [-0.3, -0.25) is 0 Å². The third-order valence-corrected chi connectivity index (χ3v) is 3.27. The van der Waals surface area contributed by atoms with Crippen LogP contribution in [0.3, 0.4) is 0 Å². The minimum absolute atomic E-state index is 0.0713. The van der Waals surface area contributed by atoms with Crippen molar-refractivity contribution in [1.29, 1.82) is 0 Å². The summed E-state index contributed by atoms with van der Waals surface area (Å²) in [7, 11) is 0. The van der Waals surface area contributed by atoms with E-state index < -0.39 is 0 Å². The molecule has 1 aliphatic rings. The summed E-state index contributed by atoms with van der Waals surface area (Å²) >= 11 is 0. The van der Waals surface area contributed by atoms with E-state index in [4.69, 9.17) is 4.98 Å². The summed E-state index contributed by atoms with van der Waals surface area (Å²) in [4.78, 5) is 7.02. The van der Waals surface area contributed by atoms with E-state index in [9.17, 15) is 5.11 Å². The molecule has 1 saturated carbocycles. The summed E-state index contributed by atoms with van der Waals surface area (Å²) in [5.41, 5.74) is 1.99. The fourth-order valence-electron chi connectivity index (χ4n) is 2.08. The second kappa shape index (κ2) is 5.53. The van der Waals surface area contributed by atoms with E-state index in [1.165, 1.54) is 12.8 Å². The summed E-state index contributed by atoms with van der Waals surface area (Å²) in [5.74, 6) is 1.35. The summed E-state index contributed by atoms with van der Waals surface area (Å²) in [5, 5.41) is 9.37. The molecule has 0 atom stereocenters. The lowest BCUT2D eigenvalue weighted by Gasteiger charge is -2.23. The highest BCUT2D eigenvalue weighted by molar-refractivity contribution is 5.46. The molecule has 0 unspecified atom stereocenters. The van der Waals surface area contributed by atoms with E-state index in [1.807, 2.05) is 18.2 Å². The van der Waals surface area contributed by atoms with Gasteiger partial charge in [-0.15, -0.1) is 6.58 Å². The molecule has 18 heavy (non-hydrogen) atoms. The first-order valence-corrected chi connectivity index (χ1v) is 6.65. The molecule has 0 bridgehead atoms. The maximum absolute atomic E-state index is 9.37. The molecule has 0 aromatic carbocycles. The first-order valence-electron chi connectivity index (χ1n) is 6.65. The summed E-state index contributed by atoms with van der Waals surface area (Å²) in [6.07, 6.45) is 4.38. The lowest BCUT2D eigenvalue weighted by molar-refractivity contribution is 0.281. The fourth-order valence-corrected chi connectivity index (χ4v) is 2.08. The van der Waals surface area contributed by atoms with E-state index in [0.717, 1.165) is 23.6 Å². The Morgan fingerprint density at radius 1 is 1.50 bits per heavy atom. The molecule has 0 aliphatic heterocycles. The Hall–Kier alpha value is -1.35. The second-order valence-electron chi connectivity index (χ2n) is 5.24. The van der Waals surface area contributed by atoms with Crippen molar-refractivity contribution in [2.75, 3.05) is 11.4 Å². The number of anilines is 1. The minimum Gasteiger partial charge on any atom is -0.392 e. The van der Waals surface area contributed by atoms with Crippen LogP contribution in [0.25, 0.3) is 0 Å². The normalized spacial score (nSPS) is 14.9. The van der Waals surface area contributed by atoms with Crippen LogP contribution in [0.2, 0.25) is 0 Å². The lowest BCUT2D eigenvalue weighted by Crippen LogP contribution is -2.27. The molecule has 2 rings (SSSR count). The molecule has 1 N–H and O–H groups in total. The molecule has 98 valence electrons. The topological polar surface area (TPSA) is 36.4 Å². The molecule has 0 amide bonds. The summed E-state index contributed by atoms with van der Waals surface area (Å²) in [6.45, 7) is 8.97. The van der Waals surface area contributed by atoms with Crippen LogP contribution in [0.4, 0.5) is 5.82 Å². The number of rotatable bonds is 6. The number of nitrogens with zero attached hydrogens (tertiary/aromatic N) is 2. The first-order chi connectivity index (χ1) is 8.65. The first kappa shape index (κ1) is 13.1. The quantitative estimate of drug-likeness (QED) is 0.784. The van der Waals surface area contributed by atoms with Crippen molar-refractivity contribution in [2.24, 2.45) is 0 Å². The van der Waals surface area contributed by atoms with Crippen LogP contribution in [0.1, 0.15) is 43.9 Å². The van der Waals surface area contributed by atoms with Crippen molar-refractivity contribution >= 4 is 5.82 Å². The van der Waals surface area contributed by atoms with Crippen molar-refractivity contribution in [1.82, 2.24) is 4.98 Å². The number of aliphatic hydroxyl groups excluding tert-OH is 1. The zero-order chi connectivity index (χ0) is 13.1. The van der Waals surface area contributed by atoms with Gasteiger partial charge in [0.25, 0.3) is 0 Å². The number of hydrogen-bond donors (Lipinski definition) is 1. The van der Waals surface area contributed by atoms with Gasteiger partial charge in [-0.05, 0) is 36.5 Å². The van der Waals surface area contributed by atoms with Crippen molar-refractivity contribution in [3.05, 3.63) is 36.0 Å². The van der Waals surface area contributed by atoms with Gasteiger partial charge in [-0.1, -0.05) is 19.9 Å². The Bertz CT molecular complexity index is 425. The molecular weight excluding hydrogens is 224 g/mol. The van der Waals surface area contributed by atoms with Crippen molar-refractivity contribution < 1.29 is 5.11 Å². The Kier molecular flexibility index (Phi) is 4.02. The maximum atomic E-state index is 9.37. The zero-order valence-corrected chi connectivity index (χ0v) is 11.3.